The molecule has 110 valence electrons. The average Bonchev–Trinajstić information content (AvgIpc) is 3.00. The minimum Gasteiger partial charge on any atom is -0.198 e. The summed E-state index contributed by atoms with van der Waals surface area (Å²) in [6, 6.07) is 20.4. The molecule has 2 heterocycles. The molecule has 0 saturated heterocycles. The Bertz CT molecular complexity index is 1030. The minimum absolute atomic E-state index is 0.192. The summed E-state index contributed by atoms with van der Waals surface area (Å²) in [5.41, 5.74) is 2.85. The molecular formula is C18H13N5. The highest BCUT2D eigenvalue weighted by Crippen LogP contribution is 2.23. The molecule has 0 amide bonds. The van der Waals surface area contributed by atoms with Crippen LogP contribution in [0.25, 0.3) is 16.4 Å². The van der Waals surface area contributed by atoms with Crippen LogP contribution in [-0.4, -0.2) is 19.8 Å². The average molecular weight is 299 g/mol. The van der Waals surface area contributed by atoms with Crippen LogP contribution < -0.4 is 0 Å². The molecule has 0 aliphatic rings. The number of rotatable bonds is 3. The molecule has 0 fully saturated rings. The van der Waals surface area contributed by atoms with Crippen molar-refractivity contribution in [1.82, 2.24) is 19.8 Å². The Balaban J connectivity index is 1.97. The van der Waals surface area contributed by atoms with Gasteiger partial charge in [-0.3, -0.25) is 0 Å². The van der Waals surface area contributed by atoms with Crippen molar-refractivity contribution >= 4 is 16.4 Å². The lowest BCUT2D eigenvalue weighted by molar-refractivity contribution is 0.824. The molecule has 0 spiro atoms. The maximum Gasteiger partial charge on any atom is 0.185 e. The van der Waals surface area contributed by atoms with E-state index >= 15 is 0 Å². The van der Waals surface area contributed by atoms with Gasteiger partial charge in [0.25, 0.3) is 0 Å². The van der Waals surface area contributed by atoms with Crippen LogP contribution in [0.1, 0.15) is 17.1 Å². The van der Waals surface area contributed by atoms with E-state index in [-0.39, 0.29) is 6.42 Å². The van der Waals surface area contributed by atoms with Crippen molar-refractivity contribution < 1.29 is 0 Å². The molecule has 2 aromatic carbocycles. The smallest absolute Gasteiger partial charge is 0.185 e. The second kappa shape index (κ2) is 5.50. The Morgan fingerprint density at radius 1 is 0.913 bits per heavy atom. The summed E-state index contributed by atoms with van der Waals surface area (Å²) in [6.07, 6.45) is 0.915. The van der Waals surface area contributed by atoms with Gasteiger partial charge in [0.05, 0.1) is 18.2 Å². The van der Waals surface area contributed by atoms with Crippen molar-refractivity contribution in [3.63, 3.8) is 0 Å². The third-order valence-electron chi connectivity index (χ3n) is 3.86. The quantitative estimate of drug-likeness (QED) is 0.583. The minimum atomic E-state index is 0.192. The van der Waals surface area contributed by atoms with Gasteiger partial charge in [-0.2, -0.15) is 14.9 Å². The normalized spacial score (nSPS) is 10.9. The molecule has 4 aromatic rings. The number of benzene rings is 2. The maximum absolute atomic E-state index is 8.96. The molecule has 2 aromatic heterocycles. The Hall–Kier alpha value is -3.26. The molecule has 0 unspecified atom stereocenters. The van der Waals surface area contributed by atoms with E-state index in [0.717, 1.165) is 22.9 Å². The third-order valence-corrected chi connectivity index (χ3v) is 3.86. The molecule has 5 nitrogen and oxygen atoms in total. The molecule has 0 bridgehead atoms. The summed E-state index contributed by atoms with van der Waals surface area (Å²) in [5.74, 6) is 0.572. The molecule has 0 aliphatic heterocycles. The fraction of sp³-hybridized carbons (Fsp3) is 0.111. The van der Waals surface area contributed by atoms with Crippen LogP contribution in [0.4, 0.5) is 0 Å². The fourth-order valence-electron chi connectivity index (χ4n) is 2.79. The highest BCUT2D eigenvalue weighted by molar-refractivity contribution is 5.95. The summed E-state index contributed by atoms with van der Waals surface area (Å²) in [7, 11) is 0. The second-order valence-electron chi connectivity index (χ2n) is 5.34. The number of fused-ring (bicyclic) bond motifs is 3. The van der Waals surface area contributed by atoms with Crippen molar-refractivity contribution in [3.05, 3.63) is 71.7 Å². The molecule has 0 N–H and O–H groups in total. The van der Waals surface area contributed by atoms with Gasteiger partial charge in [-0.15, -0.1) is 10.2 Å². The number of nitriles is 1. The molecule has 0 aliphatic carbocycles. The Morgan fingerprint density at radius 3 is 2.43 bits per heavy atom. The van der Waals surface area contributed by atoms with Crippen LogP contribution >= 0.6 is 0 Å². The first-order chi connectivity index (χ1) is 11.4. The summed E-state index contributed by atoms with van der Waals surface area (Å²) >= 11 is 0. The van der Waals surface area contributed by atoms with E-state index in [2.05, 4.69) is 34.5 Å². The van der Waals surface area contributed by atoms with Gasteiger partial charge < -0.3 is 0 Å². The first kappa shape index (κ1) is 13.4. The van der Waals surface area contributed by atoms with Gasteiger partial charge in [0.2, 0.25) is 0 Å². The highest BCUT2D eigenvalue weighted by atomic mass is 15.4. The molecule has 0 atom stereocenters. The second-order valence-corrected chi connectivity index (χ2v) is 5.34. The van der Waals surface area contributed by atoms with Gasteiger partial charge in [0.15, 0.2) is 11.5 Å². The van der Waals surface area contributed by atoms with Crippen molar-refractivity contribution in [3.8, 4) is 6.07 Å². The summed E-state index contributed by atoms with van der Waals surface area (Å²) in [5, 5.41) is 24.1. The summed E-state index contributed by atoms with van der Waals surface area (Å²) in [4.78, 5) is 0. The van der Waals surface area contributed by atoms with E-state index < -0.39 is 0 Å². The van der Waals surface area contributed by atoms with Crippen LogP contribution in [0.3, 0.4) is 0 Å². The maximum atomic E-state index is 8.96. The largest absolute Gasteiger partial charge is 0.198 e. The zero-order chi connectivity index (χ0) is 15.6. The summed E-state index contributed by atoms with van der Waals surface area (Å²) < 4.78 is 1.70. The SMILES string of the molecule is N#CCc1nnc2c3ccccc3c(Cc3ccccc3)nn12. The Morgan fingerprint density at radius 2 is 1.65 bits per heavy atom. The van der Waals surface area contributed by atoms with Crippen molar-refractivity contribution in [2.45, 2.75) is 12.8 Å². The van der Waals surface area contributed by atoms with E-state index in [1.54, 1.807) is 4.52 Å². The van der Waals surface area contributed by atoms with E-state index in [9.17, 15) is 0 Å². The van der Waals surface area contributed by atoms with Gasteiger partial charge >= 0.3 is 0 Å². The molecule has 23 heavy (non-hydrogen) atoms. The molecule has 4 rings (SSSR count). The first-order valence-corrected chi connectivity index (χ1v) is 7.39. The molecule has 5 heteroatoms. The standard InChI is InChI=1S/C18H13N5/c19-11-10-17-20-21-18-15-9-5-4-8-14(15)16(22-23(17)18)12-13-6-2-1-3-7-13/h1-9H,10,12H2. The van der Waals surface area contributed by atoms with E-state index in [1.807, 2.05) is 36.4 Å². The zero-order valence-corrected chi connectivity index (χ0v) is 12.3. The van der Waals surface area contributed by atoms with Crippen LogP contribution in [-0.2, 0) is 12.8 Å². The zero-order valence-electron chi connectivity index (χ0n) is 12.3. The molecule has 0 radical (unpaired) electrons. The Labute approximate surface area is 132 Å². The van der Waals surface area contributed by atoms with Gasteiger partial charge in [-0.05, 0) is 5.56 Å². The topological polar surface area (TPSA) is 66.9 Å². The van der Waals surface area contributed by atoms with Crippen LogP contribution in [0.2, 0.25) is 0 Å². The van der Waals surface area contributed by atoms with Crippen molar-refractivity contribution in [1.29, 1.82) is 5.26 Å². The fourth-order valence-corrected chi connectivity index (χ4v) is 2.79. The lowest BCUT2D eigenvalue weighted by atomic mass is 10.0. The predicted octanol–water partition coefficient (Wildman–Crippen LogP) is 2.93. The van der Waals surface area contributed by atoms with Crippen LogP contribution in [0, 0.1) is 11.3 Å². The lowest BCUT2D eigenvalue weighted by Crippen LogP contribution is -2.04. The number of aromatic nitrogens is 4. The number of hydrogen-bond acceptors (Lipinski definition) is 4. The van der Waals surface area contributed by atoms with Gasteiger partial charge in [-0.1, -0.05) is 54.6 Å². The monoisotopic (exact) mass is 299 g/mol. The van der Waals surface area contributed by atoms with Gasteiger partial charge in [0, 0.05) is 17.2 Å². The van der Waals surface area contributed by atoms with Crippen molar-refractivity contribution in [2.24, 2.45) is 0 Å². The van der Waals surface area contributed by atoms with Crippen LogP contribution in [0.5, 0.6) is 0 Å². The number of hydrogen-bond donors (Lipinski definition) is 0. The van der Waals surface area contributed by atoms with Crippen molar-refractivity contribution in [2.75, 3.05) is 0 Å². The third kappa shape index (κ3) is 2.30. The van der Waals surface area contributed by atoms with Gasteiger partial charge in [-0.25, -0.2) is 0 Å². The predicted molar refractivity (Wildman–Crippen MR) is 86.9 cm³/mol. The Kier molecular flexibility index (Phi) is 3.21. The molecule has 0 saturated carbocycles. The first-order valence-electron chi connectivity index (χ1n) is 7.39. The number of nitrogens with zero attached hydrogens (tertiary/aromatic N) is 5. The van der Waals surface area contributed by atoms with Crippen LogP contribution in [0.15, 0.2) is 54.6 Å². The highest BCUT2D eigenvalue weighted by Gasteiger charge is 2.14. The lowest BCUT2D eigenvalue weighted by Gasteiger charge is -2.08. The van der Waals surface area contributed by atoms with E-state index in [0.29, 0.717) is 11.5 Å². The molecular weight excluding hydrogens is 286 g/mol. The van der Waals surface area contributed by atoms with E-state index in [4.69, 9.17) is 10.4 Å². The van der Waals surface area contributed by atoms with Gasteiger partial charge in [0.1, 0.15) is 0 Å². The van der Waals surface area contributed by atoms with E-state index in [1.165, 1.54) is 5.56 Å². The summed E-state index contributed by atoms with van der Waals surface area (Å²) in [6.45, 7) is 0.